The second-order valence-electron chi connectivity index (χ2n) is 4.29. The monoisotopic (exact) mass is 255 g/mol. The first kappa shape index (κ1) is 16.2. The molecule has 0 spiro atoms. The Morgan fingerprint density at radius 2 is 1.94 bits per heavy atom. The van der Waals surface area contributed by atoms with Crippen LogP contribution in [0.5, 0.6) is 0 Å². The maximum Gasteiger partial charge on any atom is 0.389 e. The van der Waals surface area contributed by atoms with Crippen molar-refractivity contribution in [2.45, 2.75) is 45.2 Å². The summed E-state index contributed by atoms with van der Waals surface area (Å²) >= 11 is 0. The van der Waals surface area contributed by atoms with Gasteiger partial charge in [0.25, 0.3) is 0 Å². The molecule has 0 fully saturated rings. The van der Waals surface area contributed by atoms with Crippen LogP contribution in [-0.2, 0) is 4.79 Å². The highest BCUT2D eigenvalue weighted by molar-refractivity contribution is 5.66. The minimum Gasteiger partial charge on any atom is -0.481 e. The molecule has 0 aromatic heterocycles. The van der Waals surface area contributed by atoms with Gasteiger partial charge in [-0.25, -0.2) is 0 Å². The van der Waals surface area contributed by atoms with Gasteiger partial charge in [0.2, 0.25) is 0 Å². The molecule has 17 heavy (non-hydrogen) atoms. The van der Waals surface area contributed by atoms with E-state index in [0.717, 1.165) is 6.42 Å². The molecule has 0 aliphatic carbocycles. The van der Waals surface area contributed by atoms with E-state index in [2.05, 4.69) is 5.32 Å². The lowest BCUT2D eigenvalue weighted by Crippen LogP contribution is -2.20. The molecule has 0 heterocycles. The van der Waals surface area contributed by atoms with Gasteiger partial charge in [-0.3, -0.25) is 4.79 Å². The van der Waals surface area contributed by atoms with Gasteiger partial charge in [-0.1, -0.05) is 6.92 Å². The number of nitrogens with one attached hydrogen (secondary N) is 1. The maximum absolute atomic E-state index is 11.8. The third kappa shape index (κ3) is 13.2. The highest BCUT2D eigenvalue weighted by atomic mass is 19.4. The highest BCUT2D eigenvalue weighted by Gasteiger charge is 2.25. The van der Waals surface area contributed by atoms with Gasteiger partial charge in [0.15, 0.2) is 0 Å². The summed E-state index contributed by atoms with van der Waals surface area (Å²) in [6, 6.07) is 0. The predicted molar refractivity (Wildman–Crippen MR) is 58.8 cm³/mol. The Morgan fingerprint density at radius 3 is 2.47 bits per heavy atom. The van der Waals surface area contributed by atoms with Crippen LogP contribution >= 0.6 is 0 Å². The van der Waals surface area contributed by atoms with E-state index >= 15 is 0 Å². The van der Waals surface area contributed by atoms with Crippen molar-refractivity contribution in [2.75, 3.05) is 13.1 Å². The molecule has 3 nitrogen and oxygen atoms in total. The first-order valence-electron chi connectivity index (χ1n) is 5.80. The van der Waals surface area contributed by atoms with Crippen LogP contribution in [0.1, 0.15) is 39.0 Å². The first-order chi connectivity index (χ1) is 7.81. The second-order valence-corrected chi connectivity index (χ2v) is 4.29. The van der Waals surface area contributed by atoms with Crippen molar-refractivity contribution in [3.63, 3.8) is 0 Å². The van der Waals surface area contributed by atoms with Gasteiger partial charge in [-0.2, -0.15) is 13.2 Å². The Labute approximate surface area is 99.4 Å². The Balaban J connectivity index is 3.30. The molecule has 0 saturated carbocycles. The molecule has 1 unspecified atom stereocenters. The Kier molecular flexibility index (Phi) is 7.95. The Hall–Kier alpha value is -0.780. The SMILES string of the molecule is CC(CCNCCCC(F)(F)F)CCC(=O)O. The number of carboxylic acid groups (broad SMARTS) is 1. The zero-order valence-electron chi connectivity index (χ0n) is 10.0. The van der Waals surface area contributed by atoms with Crippen molar-refractivity contribution >= 4 is 5.97 Å². The fraction of sp³-hybridized carbons (Fsp3) is 0.909. The van der Waals surface area contributed by atoms with Gasteiger partial charge in [-0.05, 0) is 38.3 Å². The fourth-order valence-corrected chi connectivity index (χ4v) is 1.40. The van der Waals surface area contributed by atoms with Gasteiger partial charge in [0.1, 0.15) is 0 Å². The fourth-order valence-electron chi connectivity index (χ4n) is 1.40. The van der Waals surface area contributed by atoms with Crippen molar-refractivity contribution in [3.8, 4) is 0 Å². The lowest BCUT2D eigenvalue weighted by atomic mass is 10.0. The molecule has 6 heteroatoms. The molecule has 0 aliphatic heterocycles. The summed E-state index contributed by atoms with van der Waals surface area (Å²) < 4.78 is 35.4. The summed E-state index contributed by atoms with van der Waals surface area (Å²) in [5.41, 5.74) is 0. The van der Waals surface area contributed by atoms with Crippen molar-refractivity contribution < 1.29 is 23.1 Å². The van der Waals surface area contributed by atoms with Crippen LogP contribution in [0.25, 0.3) is 0 Å². The molecule has 0 aromatic carbocycles. The number of aliphatic carboxylic acids is 1. The number of rotatable bonds is 9. The number of carboxylic acids is 1. The molecule has 102 valence electrons. The van der Waals surface area contributed by atoms with E-state index in [1.54, 1.807) is 0 Å². The maximum atomic E-state index is 11.8. The smallest absolute Gasteiger partial charge is 0.389 e. The van der Waals surface area contributed by atoms with Gasteiger partial charge in [0, 0.05) is 12.8 Å². The van der Waals surface area contributed by atoms with Crippen LogP contribution in [0.2, 0.25) is 0 Å². The van der Waals surface area contributed by atoms with Crippen molar-refractivity contribution in [2.24, 2.45) is 5.92 Å². The van der Waals surface area contributed by atoms with E-state index in [1.807, 2.05) is 6.92 Å². The third-order valence-corrected chi connectivity index (χ3v) is 2.48. The van der Waals surface area contributed by atoms with Crippen molar-refractivity contribution in [1.82, 2.24) is 5.32 Å². The number of carbonyl (C=O) groups is 1. The number of alkyl halides is 3. The lowest BCUT2D eigenvalue weighted by molar-refractivity contribution is -0.137. The van der Waals surface area contributed by atoms with Crippen LogP contribution in [0, 0.1) is 5.92 Å². The minimum atomic E-state index is -4.07. The molecule has 0 aliphatic rings. The summed E-state index contributed by atoms with van der Waals surface area (Å²) in [6.07, 6.45) is -3.19. The van der Waals surface area contributed by atoms with Crippen LogP contribution in [0.4, 0.5) is 13.2 Å². The summed E-state index contributed by atoms with van der Waals surface area (Å²) in [6.45, 7) is 2.93. The molecule has 0 saturated heterocycles. The topological polar surface area (TPSA) is 49.3 Å². The zero-order valence-corrected chi connectivity index (χ0v) is 10.0. The Bertz CT molecular complexity index is 219. The highest BCUT2D eigenvalue weighted by Crippen LogP contribution is 2.20. The molecule has 0 amide bonds. The summed E-state index contributed by atoms with van der Waals surface area (Å²) in [5.74, 6) is -0.531. The van der Waals surface area contributed by atoms with E-state index in [0.29, 0.717) is 19.5 Å². The second kappa shape index (κ2) is 8.33. The van der Waals surface area contributed by atoms with Gasteiger partial charge in [0.05, 0.1) is 0 Å². The Morgan fingerprint density at radius 1 is 1.29 bits per heavy atom. The van der Waals surface area contributed by atoms with E-state index in [1.165, 1.54) is 0 Å². The summed E-state index contributed by atoms with van der Waals surface area (Å²) in [5, 5.41) is 11.4. The van der Waals surface area contributed by atoms with Gasteiger partial charge < -0.3 is 10.4 Å². The molecular formula is C11H20F3NO2. The molecule has 0 rings (SSSR count). The van der Waals surface area contributed by atoms with E-state index in [4.69, 9.17) is 5.11 Å². The van der Waals surface area contributed by atoms with Gasteiger partial charge in [-0.15, -0.1) is 0 Å². The molecule has 1 atom stereocenters. The standard InChI is InChI=1S/C11H20F3NO2/c1-9(3-4-10(16)17)5-8-15-7-2-6-11(12,13)14/h9,15H,2-8H2,1H3,(H,16,17). The first-order valence-corrected chi connectivity index (χ1v) is 5.80. The largest absolute Gasteiger partial charge is 0.481 e. The van der Waals surface area contributed by atoms with Crippen LogP contribution in [-0.4, -0.2) is 30.3 Å². The van der Waals surface area contributed by atoms with Crippen molar-refractivity contribution in [1.29, 1.82) is 0 Å². The third-order valence-electron chi connectivity index (χ3n) is 2.48. The quantitative estimate of drug-likeness (QED) is 0.623. The molecule has 0 aromatic rings. The predicted octanol–water partition coefficient (Wildman–Crippen LogP) is 2.81. The minimum absolute atomic E-state index is 0.0903. The van der Waals surface area contributed by atoms with Crippen molar-refractivity contribution in [3.05, 3.63) is 0 Å². The molecule has 2 N–H and O–H groups in total. The average molecular weight is 255 g/mol. The zero-order chi connectivity index (χ0) is 13.3. The molecule has 0 radical (unpaired) electrons. The van der Waals surface area contributed by atoms with E-state index in [9.17, 15) is 18.0 Å². The average Bonchev–Trinajstić information content (AvgIpc) is 2.18. The number of hydrogen-bond acceptors (Lipinski definition) is 2. The molecule has 0 bridgehead atoms. The van der Waals surface area contributed by atoms with E-state index in [-0.39, 0.29) is 18.8 Å². The van der Waals surface area contributed by atoms with Crippen LogP contribution in [0.3, 0.4) is 0 Å². The normalized spacial score (nSPS) is 13.6. The van der Waals surface area contributed by atoms with Gasteiger partial charge >= 0.3 is 12.1 Å². The molecular weight excluding hydrogens is 235 g/mol. The number of hydrogen-bond donors (Lipinski definition) is 2. The van der Waals surface area contributed by atoms with Crippen LogP contribution in [0.15, 0.2) is 0 Å². The lowest BCUT2D eigenvalue weighted by Gasteiger charge is -2.11. The van der Waals surface area contributed by atoms with Crippen LogP contribution < -0.4 is 5.32 Å². The number of halogens is 3. The van der Waals surface area contributed by atoms with E-state index < -0.39 is 18.6 Å². The summed E-state index contributed by atoms with van der Waals surface area (Å²) in [4.78, 5) is 10.3. The summed E-state index contributed by atoms with van der Waals surface area (Å²) in [7, 11) is 0.